The molecule has 0 aliphatic heterocycles. The van der Waals surface area contributed by atoms with E-state index in [4.69, 9.17) is 16.7 Å². The Balaban J connectivity index is 1.81. The first-order chi connectivity index (χ1) is 12.5. The molecule has 0 saturated carbocycles. The average Bonchev–Trinajstić information content (AvgIpc) is 2.94. The number of phenolic OH excluding ortho intramolecular Hbond substituents is 1. The number of halogens is 1. The van der Waals surface area contributed by atoms with Gasteiger partial charge in [-0.25, -0.2) is 5.43 Å². The van der Waals surface area contributed by atoms with E-state index in [2.05, 4.69) is 10.5 Å². The number of benzene rings is 2. The molecule has 3 aromatic rings. The molecule has 8 heteroatoms. The summed E-state index contributed by atoms with van der Waals surface area (Å²) in [6, 6.07) is 11.4. The third kappa shape index (κ3) is 3.68. The summed E-state index contributed by atoms with van der Waals surface area (Å²) in [4.78, 5) is 23.1. The van der Waals surface area contributed by atoms with Gasteiger partial charge in [0.25, 0.3) is 5.91 Å². The number of carboxylic acid groups (broad SMARTS) is 1. The van der Waals surface area contributed by atoms with E-state index in [1.54, 1.807) is 10.8 Å². The predicted molar refractivity (Wildman–Crippen MR) is 97.8 cm³/mol. The fraction of sp³-hybridized carbons (Fsp3) is 0.0556. The molecule has 1 heterocycles. The van der Waals surface area contributed by atoms with Crippen molar-refractivity contribution in [1.29, 1.82) is 0 Å². The van der Waals surface area contributed by atoms with Crippen molar-refractivity contribution in [1.82, 2.24) is 9.99 Å². The number of carboxylic acids is 1. The van der Waals surface area contributed by atoms with Gasteiger partial charge in [0.2, 0.25) is 0 Å². The lowest BCUT2D eigenvalue weighted by Gasteiger charge is -2.01. The molecule has 132 valence electrons. The highest BCUT2D eigenvalue weighted by molar-refractivity contribution is 6.32. The lowest BCUT2D eigenvalue weighted by atomic mass is 10.2. The van der Waals surface area contributed by atoms with Gasteiger partial charge in [-0.3, -0.25) is 9.59 Å². The first-order valence-corrected chi connectivity index (χ1v) is 7.95. The minimum atomic E-state index is -0.952. The monoisotopic (exact) mass is 371 g/mol. The van der Waals surface area contributed by atoms with Crippen molar-refractivity contribution in [3.63, 3.8) is 0 Å². The number of carbonyl (C=O) groups is 2. The third-order valence-electron chi connectivity index (χ3n) is 3.70. The van der Waals surface area contributed by atoms with E-state index in [0.717, 1.165) is 10.9 Å². The smallest absolute Gasteiger partial charge is 0.323 e. The Morgan fingerprint density at radius 2 is 2.00 bits per heavy atom. The molecular weight excluding hydrogens is 358 g/mol. The Morgan fingerprint density at radius 3 is 2.73 bits per heavy atom. The quantitative estimate of drug-likeness (QED) is 0.474. The first kappa shape index (κ1) is 17.5. The number of aliphatic carboxylic acids is 1. The van der Waals surface area contributed by atoms with Crippen LogP contribution >= 0.6 is 11.6 Å². The van der Waals surface area contributed by atoms with Crippen molar-refractivity contribution in [3.8, 4) is 5.75 Å². The maximum atomic E-state index is 12.1. The number of hydrogen-bond donors (Lipinski definition) is 3. The van der Waals surface area contributed by atoms with Crippen LogP contribution in [-0.2, 0) is 11.3 Å². The van der Waals surface area contributed by atoms with Crippen LogP contribution in [0.3, 0.4) is 0 Å². The lowest BCUT2D eigenvalue weighted by molar-refractivity contribution is -0.137. The minimum Gasteiger partial charge on any atom is -0.506 e. The second-order valence-electron chi connectivity index (χ2n) is 5.49. The normalized spacial score (nSPS) is 11.1. The van der Waals surface area contributed by atoms with Gasteiger partial charge in [0, 0.05) is 28.2 Å². The van der Waals surface area contributed by atoms with Crippen molar-refractivity contribution in [3.05, 3.63) is 64.8 Å². The Morgan fingerprint density at radius 1 is 1.23 bits per heavy atom. The maximum Gasteiger partial charge on any atom is 0.323 e. The van der Waals surface area contributed by atoms with Gasteiger partial charge < -0.3 is 14.8 Å². The van der Waals surface area contributed by atoms with Gasteiger partial charge in [-0.15, -0.1) is 0 Å². The van der Waals surface area contributed by atoms with Crippen LogP contribution in [-0.4, -0.2) is 32.9 Å². The molecule has 1 aromatic heterocycles. The van der Waals surface area contributed by atoms with E-state index in [-0.39, 0.29) is 22.9 Å². The first-order valence-electron chi connectivity index (χ1n) is 7.57. The molecule has 7 nitrogen and oxygen atoms in total. The second kappa shape index (κ2) is 7.28. The summed E-state index contributed by atoms with van der Waals surface area (Å²) in [6.07, 6.45) is 3.10. The highest BCUT2D eigenvalue weighted by Gasteiger charge is 2.10. The Labute approximate surface area is 153 Å². The van der Waals surface area contributed by atoms with Gasteiger partial charge in [-0.2, -0.15) is 5.10 Å². The molecule has 26 heavy (non-hydrogen) atoms. The average molecular weight is 372 g/mol. The number of hydrogen-bond acceptors (Lipinski definition) is 4. The summed E-state index contributed by atoms with van der Waals surface area (Å²) < 4.78 is 1.60. The Hall–Kier alpha value is -3.32. The molecule has 1 amide bonds. The van der Waals surface area contributed by atoms with Gasteiger partial charge in [-0.05, 0) is 24.3 Å². The summed E-state index contributed by atoms with van der Waals surface area (Å²) in [7, 11) is 0. The number of rotatable bonds is 5. The van der Waals surface area contributed by atoms with Gasteiger partial charge in [0.1, 0.15) is 12.3 Å². The number of nitrogens with one attached hydrogen (secondary N) is 1. The molecule has 0 bridgehead atoms. The zero-order valence-corrected chi connectivity index (χ0v) is 14.1. The van der Waals surface area contributed by atoms with E-state index < -0.39 is 11.9 Å². The number of aromatic hydroxyl groups is 1. The molecule has 0 aliphatic carbocycles. The number of carbonyl (C=O) groups excluding carboxylic acids is 1. The lowest BCUT2D eigenvalue weighted by Crippen LogP contribution is -2.17. The maximum absolute atomic E-state index is 12.1. The summed E-state index contributed by atoms with van der Waals surface area (Å²) in [5.41, 5.74) is 4.05. The zero-order valence-electron chi connectivity index (χ0n) is 13.4. The highest BCUT2D eigenvalue weighted by atomic mass is 35.5. The van der Waals surface area contributed by atoms with Gasteiger partial charge in [-0.1, -0.05) is 29.8 Å². The van der Waals surface area contributed by atoms with Crippen LogP contribution in [0.5, 0.6) is 5.75 Å². The van der Waals surface area contributed by atoms with E-state index in [0.29, 0.717) is 5.56 Å². The molecule has 3 N–H and O–H groups in total. The standard InChI is InChI=1S/C18H14ClN3O4/c19-14-7-11(5-6-16(14)23)18(26)21-20-8-12-9-22(10-17(24)25)15-4-2-1-3-13(12)15/h1-9,23H,10H2,(H,21,26)(H,24,25)/b20-8+. The SMILES string of the molecule is O=C(O)Cn1cc(/C=N/NC(=O)c2ccc(O)c(Cl)c2)c2ccccc21. The van der Waals surface area contributed by atoms with Crippen LogP contribution in [0.15, 0.2) is 53.8 Å². The molecule has 3 rings (SSSR count). The summed E-state index contributed by atoms with van der Waals surface area (Å²) in [6.45, 7) is -0.174. The highest BCUT2D eigenvalue weighted by Crippen LogP contribution is 2.23. The van der Waals surface area contributed by atoms with E-state index in [1.165, 1.54) is 24.4 Å². The molecule has 0 aliphatic rings. The van der Waals surface area contributed by atoms with Gasteiger partial charge in [0.05, 0.1) is 11.2 Å². The van der Waals surface area contributed by atoms with Crippen LogP contribution in [0, 0.1) is 0 Å². The molecule has 0 atom stereocenters. The molecule has 0 fully saturated rings. The van der Waals surface area contributed by atoms with Crippen LogP contribution in [0.4, 0.5) is 0 Å². The molecular formula is C18H14ClN3O4. The van der Waals surface area contributed by atoms with Crippen LogP contribution in [0.25, 0.3) is 10.9 Å². The summed E-state index contributed by atoms with van der Waals surface area (Å²) in [5.74, 6) is -1.55. The minimum absolute atomic E-state index is 0.0679. The van der Waals surface area contributed by atoms with Crippen LogP contribution in [0.2, 0.25) is 5.02 Å². The van der Waals surface area contributed by atoms with Crippen molar-refractivity contribution in [2.45, 2.75) is 6.54 Å². The second-order valence-corrected chi connectivity index (χ2v) is 5.90. The number of hydrazone groups is 1. The van der Waals surface area contributed by atoms with Gasteiger partial charge >= 0.3 is 5.97 Å². The number of nitrogens with zero attached hydrogens (tertiary/aromatic N) is 2. The van der Waals surface area contributed by atoms with Crippen LogP contribution < -0.4 is 5.43 Å². The van der Waals surface area contributed by atoms with Crippen molar-refractivity contribution < 1.29 is 19.8 Å². The molecule has 0 radical (unpaired) electrons. The molecule has 0 saturated heterocycles. The van der Waals surface area contributed by atoms with Crippen molar-refractivity contribution >= 4 is 40.6 Å². The number of phenols is 1. The van der Waals surface area contributed by atoms with Crippen molar-refractivity contribution in [2.75, 3.05) is 0 Å². The van der Waals surface area contributed by atoms with E-state index >= 15 is 0 Å². The summed E-state index contributed by atoms with van der Waals surface area (Å²) in [5, 5.41) is 23.2. The molecule has 0 unspecified atom stereocenters. The van der Waals surface area contributed by atoms with Gasteiger partial charge in [0.15, 0.2) is 0 Å². The third-order valence-corrected chi connectivity index (χ3v) is 4.01. The summed E-state index contributed by atoms with van der Waals surface area (Å²) >= 11 is 5.78. The van der Waals surface area contributed by atoms with E-state index in [9.17, 15) is 14.7 Å². The zero-order chi connectivity index (χ0) is 18.7. The van der Waals surface area contributed by atoms with Crippen molar-refractivity contribution in [2.24, 2.45) is 5.10 Å². The van der Waals surface area contributed by atoms with Crippen LogP contribution in [0.1, 0.15) is 15.9 Å². The number of fused-ring (bicyclic) bond motifs is 1. The number of para-hydroxylation sites is 1. The topological polar surface area (TPSA) is 104 Å². The van der Waals surface area contributed by atoms with E-state index in [1.807, 2.05) is 24.3 Å². The number of amides is 1. The predicted octanol–water partition coefficient (Wildman–Crippen LogP) is 2.85. The fourth-order valence-corrected chi connectivity index (χ4v) is 2.71. The Kier molecular flexibility index (Phi) is 4.90. The Bertz CT molecular complexity index is 1030. The molecule has 0 spiro atoms. The fourth-order valence-electron chi connectivity index (χ4n) is 2.53. The number of aromatic nitrogens is 1. The largest absolute Gasteiger partial charge is 0.506 e. The molecule has 2 aromatic carbocycles.